The van der Waals surface area contributed by atoms with Crippen molar-refractivity contribution in [1.29, 1.82) is 0 Å². The quantitative estimate of drug-likeness (QED) is 0.459. The summed E-state index contributed by atoms with van der Waals surface area (Å²) in [6.45, 7) is 0.967. The van der Waals surface area contributed by atoms with Crippen LogP contribution in [0.2, 0.25) is 0 Å². The van der Waals surface area contributed by atoms with E-state index in [-0.39, 0.29) is 6.61 Å². The van der Waals surface area contributed by atoms with Gasteiger partial charge in [0, 0.05) is 0 Å². The van der Waals surface area contributed by atoms with E-state index < -0.39 is 38.7 Å². The standard InChI is InChI=1S/C10H7BrF3NO5/c1-2-19-9(16)10(13,14)20-8-6(11)3-5(12)4-7(8)15(17)18/h3-4H,2H2,1H3. The van der Waals surface area contributed by atoms with Crippen molar-refractivity contribution in [2.75, 3.05) is 6.61 Å². The molecule has 6 nitrogen and oxygen atoms in total. The minimum atomic E-state index is -4.44. The average Bonchev–Trinajstić information content (AvgIpc) is 2.32. The first-order chi connectivity index (χ1) is 9.19. The highest BCUT2D eigenvalue weighted by atomic mass is 79.9. The van der Waals surface area contributed by atoms with E-state index in [4.69, 9.17) is 0 Å². The van der Waals surface area contributed by atoms with E-state index in [2.05, 4.69) is 25.4 Å². The Morgan fingerprint density at radius 3 is 2.60 bits per heavy atom. The lowest BCUT2D eigenvalue weighted by molar-refractivity contribution is -0.387. The molecule has 0 amide bonds. The van der Waals surface area contributed by atoms with Crippen LogP contribution in [0.15, 0.2) is 16.6 Å². The van der Waals surface area contributed by atoms with Gasteiger partial charge in [-0.05, 0) is 28.9 Å². The molecule has 0 N–H and O–H groups in total. The van der Waals surface area contributed by atoms with Gasteiger partial charge >= 0.3 is 17.8 Å². The van der Waals surface area contributed by atoms with Crippen molar-refractivity contribution in [3.05, 3.63) is 32.5 Å². The molecule has 0 bridgehead atoms. The smallest absolute Gasteiger partial charge is 0.459 e. The Bertz CT molecular complexity index is 552. The topological polar surface area (TPSA) is 78.7 Å². The maximum absolute atomic E-state index is 13.4. The van der Waals surface area contributed by atoms with Crippen LogP contribution in [-0.2, 0) is 9.53 Å². The predicted octanol–water partition coefficient (Wildman–Crippen LogP) is 3.03. The average molecular weight is 358 g/mol. The summed E-state index contributed by atoms with van der Waals surface area (Å²) in [6.07, 6.45) is -4.44. The zero-order chi connectivity index (χ0) is 15.5. The Morgan fingerprint density at radius 2 is 2.10 bits per heavy atom. The van der Waals surface area contributed by atoms with Gasteiger partial charge in [-0.2, -0.15) is 8.78 Å². The van der Waals surface area contributed by atoms with Gasteiger partial charge in [0.25, 0.3) is 0 Å². The largest absolute Gasteiger partial charge is 0.502 e. The number of ether oxygens (including phenoxy) is 2. The predicted molar refractivity (Wildman–Crippen MR) is 63.0 cm³/mol. The number of nitrogens with zero attached hydrogens (tertiary/aromatic N) is 1. The zero-order valence-electron chi connectivity index (χ0n) is 9.86. The van der Waals surface area contributed by atoms with Crippen LogP contribution in [0.4, 0.5) is 18.9 Å². The molecule has 0 heterocycles. The molecule has 0 aliphatic carbocycles. The molecule has 1 aromatic rings. The number of carbonyl (C=O) groups excluding carboxylic acids is 1. The van der Waals surface area contributed by atoms with Gasteiger partial charge in [-0.15, -0.1) is 0 Å². The maximum atomic E-state index is 13.4. The number of alkyl halides is 2. The molecule has 0 aliphatic rings. The third-order valence-corrected chi connectivity index (χ3v) is 2.52. The van der Waals surface area contributed by atoms with Crippen LogP contribution in [-0.4, -0.2) is 23.6 Å². The summed E-state index contributed by atoms with van der Waals surface area (Å²) in [5.74, 6) is -4.02. The van der Waals surface area contributed by atoms with Gasteiger partial charge in [-0.25, -0.2) is 9.18 Å². The number of benzene rings is 1. The van der Waals surface area contributed by atoms with Crippen LogP contribution in [0.1, 0.15) is 6.92 Å². The molecule has 1 aromatic carbocycles. The molecular formula is C10H7BrF3NO5. The molecule has 0 saturated carbocycles. The second-order valence-electron chi connectivity index (χ2n) is 3.33. The molecule has 0 fully saturated rings. The zero-order valence-corrected chi connectivity index (χ0v) is 11.4. The van der Waals surface area contributed by atoms with E-state index in [0.29, 0.717) is 12.1 Å². The SMILES string of the molecule is CCOC(=O)C(F)(F)Oc1c(Br)cc(F)cc1[N+](=O)[O-]. The van der Waals surface area contributed by atoms with Crippen molar-refractivity contribution in [3.8, 4) is 5.75 Å². The highest BCUT2D eigenvalue weighted by Crippen LogP contribution is 2.39. The van der Waals surface area contributed by atoms with Crippen LogP contribution >= 0.6 is 15.9 Å². The van der Waals surface area contributed by atoms with E-state index >= 15 is 0 Å². The van der Waals surface area contributed by atoms with E-state index in [0.717, 1.165) is 0 Å². The van der Waals surface area contributed by atoms with Crippen molar-refractivity contribution in [2.24, 2.45) is 0 Å². The highest BCUT2D eigenvalue weighted by Gasteiger charge is 2.46. The van der Waals surface area contributed by atoms with Gasteiger partial charge in [0.1, 0.15) is 5.82 Å². The number of esters is 1. The third kappa shape index (κ3) is 3.59. The Kier molecular flexibility index (Phi) is 4.93. The van der Waals surface area contributed by atoms with Crippen molar-refractivity contribution >= 4 is 27.6 Å². The van der Waals surface area contributed by atoms with Crippen LogP contribution in [0, 0.1) is 15.9 Å². The number of nitro benzene ring substituents is 1. The molecule has 0 atom stereocenters. The molecule has 0 unspecified atom stereocenters. The first kappa shape index (κ1) is 16.2. The fourth-order valence-electron chi connectivity index (χ4n) is 1.17. The Hall–Kier alpha value is -1.84. The molecular weight excluding hydrogens is 351 g/mol. The molecule has 0 saturated heterocycles. The highest BCUT2D eigenvalue weighted by molar-refractivity contribution is 9.10. The number of nitro groups is 1. The summed E-state index contributed by atoms with van der Waals surface area (Å²) in [4.78, 5) is 20.5. The number of hydrogen-bond acceptors (Lipinski definition) is 5. The maximum Gasteiger partial charge on any atom is 0.502 e. The lowest BCUT2D eigenvalue weighted by Crippen LogP contribution is -2.37. The molecule has 20 heavy (non-hydrogen) atoms. The minimum Gasteiger partial charge on any atom is -0.459 e. The minimum absolute atomic E-state index is 0.329. The van der Waals surface area contributed by atoms with Crippen LogP contribution in [0.3, 0.4) is 0 Å². The van der Waals surface area contributed by atoms with Crippen molar-refractivity contribution in [3.63, 3.8) is 0 Å². The van der Waals surface area contributed by atoms with Crippen molar-refractivity contribution in [1.82, 2.24) is 0 Å². The van der Waals surface area contributed by atoms with Gasteiger partial charge in [-0.1, -0.05) is 0 Å². The van der Waals surface area contributed by atoms with E-state index in [1.54, 1.807) is 0 Å². The fourth-order valence-corrected chi connectivity index (χ4v) is 1.67. The number of halogens is 4. The molecule has 0 radical (unpaired) electrons. The summed E-state index contributed by atoms with van der Waals surface area (Å²) in [5, 5.41) is 10.7. The Labute approximate surface area is 118 Å². The number of carbonyl (C=O) groups is 1. The van der Waals surface area contributed by atoms with Gasteiger partial charge in [0.2, 0.25) is 5.75 Å². The molecule has 0 aliphatic heterocycles. The summed E-state index contributed by atoms with van der Waals surface area (Å²) < 4.78 is 47.4. The third-order valence-electron chi connectivity index (χ3n) is 1.93. The second kappa shape index (κ2) is 6.07. The van der Waals surface area contributed by atoms with Gasteiger partial charge in [0.15, 0.2) is 0 Å². The molecule has 0 spiro atoms. The van der Waals surface area contributed by atoms with Crippen LogP contribution in [0.5, 0.6) is 5.75 Å². The van der Waals surface area contributed by atoms with Gasteiger partial charge in [0.05, 0.1) is 22.1 Å². The normalized spacial score (nSPS) is 11.1. The molecule has 10 heteroatoms. The lowest BCUT2D eigenvalue weighted by Gasteiger charge is -2.16. The van der Waals surface area contributed by atoms with Crippen LogP contribution < -0.4 is 4.74 Å². The summed E-state index contributed by atoms with van der Waals surface area (Å²) in [6, 6.07) is 1.07. The van der Waals surface area contributed by atoms with E-state index in [1.165, 1.54) is 6.92 Å². The van der Waals surface area contributed by atoms with Crippen molar-refractivity contribution in [2.45, 2.75) is 13.0 Å². The number of hydrogen-bond donors (Lipinski definition) is 0. The van der Waals surface area contributed by atoms with Crippen LogP contribution in [0.25, 0.3) is 0 Å². The first-order valence-corrected chi connectivity index (χ1v) is 5.85. The summed E-state index contributed by atoms with van der Waals surface area (Å²) in [5.41, 5.74) is -1.05. The Balaban J connectivity index is 3.20. The fraction of sp³-hybridized carbons (Fsp3) is 0.300. The van der Waals surface area contributed by atoms with Gasteiger partial charge < -0.3 is 9.47 Å². The van der Waals surface area contributed by atoms with Crippen molar-refractivity contribution < 1.29 is 32.4 Å². The first-order valence-electron chi connectivity index (χ1n) is 5.06. The number of rotatable bonds is 5. The monoisotopic (exact) mass is 357 g/mol. The molecule has 1 rings (SSSR count). The van der Waals surface area contributed by atoms with E-state index in [1.807, 2.05) is 0 Å². The molecule has 110 valence electrons. The summed E-state index contributed by atoms with van der Waals surface area (Å²) >= 11 is 2.65. The molecule has 0 aromatic heterocycles. The van der Waals surface area contributed by atoms with Gasteiger partial charge in [-0.3, -0.25) is 10.1 Å². The summed E-state index contributed by atoms with van der Waals surface area (Å²) in [7, 11) is 0. The Morgan fingerprint density at radius 1 is 1.50 bits per heavy atom. The second-order valence-corrected chi connectivity index (χ2v) is 4.19. The van der Waals surface area contributed by atoms with E-state index in [9.17, 15) is 28.1 Å². The lowest BCUT2D eigenvalue weighted by atomic mass is 10.3.